The second-order valence-corrected chi connectivity index (χ2v) is 8.84. The first-order chi connectivity index (χ1) is 14.9. The number of imidazole rings is 1. The van der Waals surface area contributed by atoms with E-state index in [1.165, 1.54) is 5.39 Å². The molecule has 0 saturated carbocycles. The van der Waals surface area contributed by atoms with E-state index < -0.39 is 0 Å². The van der Waals surface area contributed by atoms with E-state index in [0.717, 1.165) is 43.5 Å². The normalized spacial score (nSPS) is 11.4. The highest BCUT2D eigenvalue weighted by Crippen LogP contribution is 2.37. The fraction of sp³-hybridized carbons (Fsp3) is 0.174. The lowest BCUT2D eigenvalue weighted by Crippen LogP contribution is -2.23. The van der Waals surface area contributed by atoms with Gasteiger partial charge in [-0.05, 0) is 43.3 Å². The van der Waals surface area contributed by atoms with Gasteiger partial charge in [0.25, 0.3) is 5.91 Å². The highest BCUT2D eigenvalue weighted by molar-refractivity contribution is 7.22. The SMILES string of the molecule is Cc1cc2cc(Nc3ccnc4cc(-c5ncc(C(=O)N(C)C)n5C)sc34)ccc2[nH]1. The zero-order valence-corrected chi connectivity index (χ0v) is 18.5. The molecular formula is C23H22N6OS. The molecule has 7 nitrogen and oxygen atoms in total. The Balaban J connectivity index is 1.52. The minimum atomic E-state index is -0.0711. The fourth-order valence-electron chi connectivity index (χ4n) is 3.72. The van der Waals surface area contributed by atoms with Crippen LogP contribution in [0, 0.1) is 6.92 Å². The standard InChI is InChI=1S/C23H22N6OS/c1-13-9-14-10-15(5-6-16(14)26-13)27-17-7-8-24-18-11-20(31-21(17)18)22-25-12-19(29(22)4)23(30)28(2)3/h5-12,26H,1-4H3,(H,24,27). The molecule has 0 bridgehead atoms. The van der Waals surface area contributed by atoms with Crippen LogP contribution in [0.15, 0.2) is 48.8 Å². The third kappa shape index (κ3) is 3.34. The number of carbonyl (C=O) groups is 1. The van der Waals surface area contributed by atoms with Crippen LogP contribution in [0.2, 0.25) is 0 Å². The van der Waals surface area contributed by atoms with Gasteiger partial charge in [-0.25, -0.2) is 4.98 Å². The quantitative estimate of drug-likeness (QED) is 0.424. The Kier molecular flexibility index (Phi) is 4.51. The molecule has 4 heterocycles. The van der Waals surface area contributed by atoms with Gasteiger partial charge < -0.3 is 19.8 Å². The maximum absolute atomic E-state index is 12.4. The molecule has 8 heteroatoms. The van der Waals surface area contributed by atoms with Crippen molar-refractivity contribution in [1.29, 1.82) is 0 Å². The van der Waals surface area contributed by atoms with Crippen molar-refractivity contribution < 1.29 is 4.79 Å². The summed E-state index contributed by atoms with van der Waals surface area (Å²) in [6.07, 6.45) is 3.43. The Labute approximate surface area is 183 Å². The maximum Gasteiger partial charge on any atom is 0.271 e. The predicted molar refractivity (Wildman–Crippen MR) is 126 cm³/mol. The number of anilines is 2. The van der Waals surface area contributed by atoms with Gasteiger partial charge in [-0.1, -0.05) is 0 Å². The van der Waals surface area contributed by atoms with Gasteiger partial charge in [0.05, 0.1) is 27.0 Å². The number of fused-ring (bicyclic) bond motifs is 2. The lowest BCUT2D eigenvalue weighted by molar-refractivity contribution is 0.0818. The second kappa shape index (κ2) is 7.24. The van der Waals surface area contributed by atoms with Crippen LogP contribution in [0.25, 0.3) is 31.8 Å². The number of hydrogen-bond donors (Lipinski definition) is 2. The van der Waals surface area contributed by atoms with E-state index in [4.69, 9.17) is 0 Å². The molecule has 5 aromatic rings. The van der Waals surface area contributed by atoms with Gasteiger partial charge in [0.1, 0.15) is 11.5 Å². The second-order valence-electron chi connectivity index (χ2n) is 7.79. The topological polar surface area (TPSA) is 78.8 Å². The first kappa shape index (κ1) is 19.3. The first-order valence-corrected chi connectivity index (χ1v) is 10.7. The van der Waals surface area contributed by atoms with E-state index in [0.29, 0.717) is 5.69 Å². The van der Waals surface area contributed by atoms with Gasteiger partial charge in [-0.15, -0.1) is 11.3 Å². The number of pyridine rings is 1. The van der Waals surface area contributed by atoms with Gasteiger partial charge in [0.2, 0.25) is 0 Å². The van der Waals surface area contributed by atoms with Crippen LogP contribution in [-0.2, 0) is 7.05 Å². The van der Waals surface area contributed by atoms with Crippen molar-refractivity contribution in [3.63, 3.8) is 0 Å². The minimum Gasteiger partial charge on any atom is -0.359 e. The number of hydrogen-bond acceptors (Lipinski definition) is 5. The van der Waals surface area contributed by atoms with Crippen LogP contribution in [-0.4, -0.2) is 44.4 Å². The average Bonchev–Trinajstić information content (AvgIpc) is 3.42. The Bertz CT molecular complexity index is 1440. The molecule has 0 aliphatic rings. The van der Waals surface area contributed by atoms with Crippen LogP contribution in [0.3, 0.4) is 0 Å². The van der Waals surface area contributed by atoms with E-state index in [1.54, 1.807) is 42.7 Å². The molecule has 2 N–H and O–H groups in total. The molecular weight excluding hydrogens is 408 g/mol. The van der Waals surface area contributed by atoms with E-state index >= 15 is 0 Å². The monoisotopic (exact) mass is 430 g/mol. The Morgan fingerprint density at radius 3 is 2.81 bits per heavy atom. The number of nitrogens with one attached hydrogen (secondary N) is 2. The molecule has 156 valence electrons. The van der Waals surface area contributed by atoms with Gasteiger partial charge in [0, 0.05) is 49.6 Å². The van der Waals surface area contributed by atoms with Crippen molar-refractivity contribution in [2.24, 2.45) is 7.05 Å². The lowest BCUT2D eigenvalue weighted by Gasteiger charge is -2.10. The minimum absolute atomic E-state index is 0.0711. The molecule has 1 amide bonds. The summed E-state index contributed by atoms with van der Waals surface area (Å²) in [6.45, 7) is 2.06. The molecule has 0 aliphatic carbocycles. The van der Waals surface area contributed by atoms with Crippen molar-refractivity contribution in [3.05, 3.63) is 60.2 Å². The van der Waals surface area contributed by atoms with E-state index in [-0.39, 0.29) is 5.91 Å². The maximum atomic E-state index is 12.4. The number of rotatable bonds is 4. The van der Waals surface area contributed by atoms with Crippen molar-refractivity contribution in [3.8, 4) is 10.7 Å². The third-order valence-electron chi connectivity index (χ3n) is 5.28. The fourth-order valence-corrected chi connectivity index (χ4v) is 4.84. The molecule has 1 aromatic carbocycles. The Hall–Kier alpha value is -3.65. The van der Waals surface area contributed by atoms with Crippen molar-refractivity contribution >= 4 is 49.7 Å². The van der Waals surface area contributed by atoms with Crippen molar-refractivity contribution in [1.82, 2.24) is 24.4 Å². The molecule has 31 heavy (non-hydrogen) atoms. The van der Waals surface area contributed by atoms with Gasteiger partial charge >= 0.3 is 0 Å². The Morgan fingerprint density at radius 2 is 2.00 bits per heavy atom. The molecule has 0 unspecified atom stereocenters. The molecule has 0 radical (unpaired) electrons. The van der Waals surface area contributed by atoms with Crippen LogP contribution in [0.4, 0.5) is 11.4 Å². The number of aromatic nitrogens is 4. The number of amides is 1. The van der Waals surface area contributed by atoms with Crippen LogP contribution >= 0.6 is 11.3 Å². The van der Waals surface area contributed by atoms with Gasteiger partial charge in [-0.2, -0.15) is 0 Å². The summed E-state index contributed by atoms with van der Waals surface area (Å²) < 4.78 is 2.88. The highest BCUT2D eigenvalue weighted by Gasteiger charge is 2.19. The van der Waals surface area contributed by atoms with E-state index in [2.05, 4.69) is 51.5 Å². The van der Waals surface area contributed by atoms with Gasteiger partial charge in [-0.3, -0.25) is 9.78 Å². The van der Waals surface area contributed by atoms with E-state index in [1.807, 2.05) is 23.7 Å². The van der Waals surface area contributed by atoms with Crippen molar-refractivity contribution in [2.75, 3.05) is 19.4 Å². The van der Waals surface area contributed by atoms with Crippen LogP contribution in [0.1, 0.15) is 16.2 Å². The smallest absolute Gasteiger partial charge is 0.271 e. The van der Waals surface area contributed by atoms with Crippen LogP contribution in [0.5, 0.6) is 0 Å². The summed E-state index contributed by atoms with van der Waals surface area (Å²) >= 11 is 1.61. The summed E-state index contributed by atoms with van der Waals surface area (Å²) in [7, 11) is 5.34. The number of carbonyl (C=O) groups excluding carboxylic acids is 1. The number of aryl methyl sites for hydroxylation is 1. The zero-order valence-electron chi connectivity index (χ0n) is 17.7. The zero-order chi connectivity index (χ0) is 21.7. The molecule has 4 aromatic heterocycles. The summed E-state index contributed by atoms with van der Waals surface area (Å²) in [4.78, 5) is 27.3. The number of thiophene rings is 1. The third-order valence-corrected chi connectivity index (χ3v) is 6.43. The molecule has 0 atom stereocenters. The molecule has 5 rings (SSSR count). The Morgan fingerprint density at radius 1 is 1.16 bits per heavy atom. The van der Waals surface area contributed by atoms with E-state index in [9.17, 15) is 4.79 Å². The number of H-pyrrole nitrogens is 1. The molecule has 0 aliphatic heterocycles. The lowest BCUT2D eigenvalue weighted by atomic mass is 10.2. The first-order valence-electron chi connectivity index (χ1n) is 9.89. The van der Waals surface area contributed by atoms with Crippen LogP contribution < -0.4 is 5.32 Å². The summed E-state index contributed by atoms with van der Waals surface area (Å²) in [5, 5.41) is 4.71. The summed E-state index contributed by atoms with van der Waals surface area (Å²) in [6, 6.07) is 12.4. The number of benzene rings is 1. The van der Waals surface area contributed by atoms with Crippen molar-refractivity contribution in [2.45, 2.75) is 6.92 Å². The van der Waals surface area contributed by atoms with Gasteiger partial charge in [0.15, 0.2) is 0 Å². The molecule has 0 saturated heterocycles. The number of aromatic amines is 1. The summed E-state index contributed by atoms with van der Waals surface area (Å²) in [5.41, 5.74) is 5.73. The summed E-state index contributed by atoms with van der Waals surface area (Å²) in [5.74, 6) is 0.682. The molecule has 0 spiro atoms. The number of nitrogens with zero attached hydrogens (tertiary/aromatic N) is 4. The molecule has 0 fully saturated rings. The average molecular weight is 431 g/mol. The largest absolute Gasteiger partial charge is 0.359 e. The predicted octanol–water partition coefficient (Wildman–Crippen LogP) is 4.93. The highest BCUT2D eigenvalue weighted by atomic mass is 32.1.